The number of rotatable bonds is 4. The second kappa shape index (κ2) is 6.26. The number of carbonyl (C=O) groups excluding carboxylic acids is 1. The summed E-state index contributed by atoms with van der Waals surface area (Å²) in [7, 11) is 1.85. The smallest absolute Gasteiger partial charge is 0.268 e. The molecule has 2 heterocycles. The Morgan fingerprint density at radius 2 is 1.82 bits per heavy atom. The van der Waals surface area contributed by atoms with Crippen LogP contribution in [0.4, 0.5) is 0 Å². The summed E-state index contributed by atoms with van der Waals surface area (Å²) in [6.45, 7) is 0. The van der Waals surface area contributed by atoms with Crippen molar-refractivity contribution in [2.45, 2.75) is 6.04 Å². The lowest BCUT2D eigenvalue weighted by Crippen LogP contribution is -2.31. The molecule has 3 rings (SSSR count). The summed E-state index contributed by atoms with van der Waals surface area (Å²) >= 11 is 0. The fraction of sp³-hybridized carbons (Fsp3) is 0.111. The molecule has 0 aliphatic carbocycles. The van der Waals surface area contributed by atoms with Gasteiger partial charge < -0.3 is 9.88 Å². The molecule has 4 heteroatoms. The van der Waals surface area contributed by atoms with Crippen molar-refractivity contribution in [3.63, 3.8) is 0 Å². The first-order chi connectivity index (χ1) is 10.8. The predicted molar refractivity (Wildman–Crippen MR) is 85.4 cm³/mol. The van der Waals surface area contributed by atoms with E-state index < -0.39 is 0 Å². The zero-order chi connectivity index (χ0) is 15.4. The van der Waals surface area contributed by atoms with Crippen molar-refractivity contribution in [3.05, 3.63) is 90.0 Å². The molecule has 0 unspecified atom stereocenters. The number of aryl methyl sites for hydroxylation is 1. The van der Waals surface area contributed by atoms with Crippen LogP contribution in [0.5, 0.6) is 0 Å². The number of benzene rings is 1. The van der Waals surface area contributed by atoms with E-state index in [9.17, 15) is 4.79 Å². The lowest BCUT2D eigenvalue weighted by atomic mass is 10.0. The molecule has 0 fully saturated rings. The van der Waals surface area contributed by atoms with E-state index in [1.807, 2.05) is 67.8 Å². The van der Waals surface area contributed by atoms with Crippen LogP contribution in [0.2, 0.25) is 0 Å². The summed E-state index contributed by atoms with van der Waals surface area (Å²) in [5.41, 5.74) is 2.44. The number of hydrogen-bond donors (Lipinski definition) is 1. The molecule has 2 aromatic heterocycles. The highest BCUT2D eigenvalue weighted by atomic mass is 16.2. The minimum Gasteiger partial charge on any atom is -0.347 e. The van der Waals surface area contributed by atoms with Crippen molar-refractivity contribution >= 4 is 5.91 Å². The Morgan fingerprint density at radius 1 is 1.05 bits per heavy atom. The third kappa shape index (κ3) is 2.91. The van der Waals surface area contributed by atoms with Gasteiger partial charge in [-0.05, 0) is 29.8 Å². The third-order valence-electron chi connectivity index (χ3n) is 3.57. The lowest BCUT2D eigenvalue weighted by Gasteiger charge is -2.19. The van der Waals surface area contributed by atoms with Gasteiger partial charge in [0.2, 0.25) is 0 Å². The highest BCUT2D eigenvalue weighted by Crippen LogP contribution is 2.20. The second-order valence-corrected chi connectivity index (χ2v) is 5.08. The first kappa shape index (κ1) is 14.1. The minimum absolute atomic E-state index is 0.119. The van der Waals surface area contributed by atoms with Crippen molar-refractivity contribution in [2.75, 3.05) is 0 Å². The number of nitrogens with one attached hydrogen (secondary N) is 1. The molecule has 3 aromatic rings. The zero-order valence-corrected chi connectivity index (χ0v) is 12.3. The van der Waals surface area contributed by atoms with Gasteiger partial charge in [0.15, 0.2) is 0 Å². The van der Waals surface area contributed by atoms with Gasteiger partial charge in [-0.2, -0.15) is 0 Å². The largest absolute Gasteiger partial charge is 0.347 e. The van der Waals surface area contributed by atoms with Crippen molar-refractivity contribution in [3.8, 4) is 0 Å². The van der Waals surface area contributed by atoms with Crippen LogP contribution in [-0.2, 0) is 7.05 Å². The topological polar surface area (TPSA) is 46.9 Å². The van der Waals surface area contributed by atoms with Gasteiger partial charge in [0, 0.05) is 19.4 Å². The molecule has 1 N–H and O–H groups in total. The maximum Gasteiger partial charge on any atom is 0.268 e. The summed E-state index contributed by atoms with van der Waals surface area (Å²) < 4.78 is 1.80. The van der Waals surface area contributed by atoms with E-state index in [0.29, 0.717) is 5.69 Å². The second-order valence-electron chi connectivity index (χ2n) is 5.08. The number of aromatic nitrogens is 2. The number of pyridine rings is 1. The van der Waals surface area contributed by atoms with E-state index in [-0.39, 0.29) is 11.9 Å². The Morgan fingerprint density at radius 3 is 2.45 bits per heavy atom. The molecule has 0 radical (unpaired) electrons. The molecule has 1 aromatic carbocycles. The summed E-state index contributed by atoms with van der Waals surface area (Å²) in [4.78, 5) is 16.9. The van der Waals surface area contributed by atoms with Crippen LogP contribution in [-0.4, -0.2) is 15.5 Å². The number of carbonyl (C=O) groups is 1. The summed E-state index contributed by atoms with van der Waals surface area (Å²) in [6.07, 6.45) is 3.59. The van der Waals surface area contributed by atoms with Crippen LogP contribution in [0.3, 0.4) is 0 Å². The summed E-state index contributed by atoms with van der Waals surface area (Å²) in [5.74, 6) is -0.119. The van der Waals surface area contributed by atoms with Gasteiger partial charge in [-0.1, -0.05) is 36.4 Å². The van der Waals surface area contributed by atoms with Gasteiger partial charge in [0.25, 0.3) is 5.91 Å². The molecule has 0 saturated heterocycles. The van der Waals surface area contributed by atoms with Crippen LogP contribution in [0.15, 0.2) is 73.1 Å². The van der Waals surface area contributed by atoms with Gasteiger partial charge in [-0.3, -0.25) is 9.78 Å². The molecule has 22 heavy (non-hydrogen) atoms. The molecule has 0 bridgehead atoms. The van der Waals surface area contributed by atoms with Crippen LogP contribution in [0.25, 0.3) is 0 Å². The Hall–Kier alpha value is -2.88. The minimum atomic E-state index is -0.273. The van der Waals surface area contributed by atoms with Gasteiger partial charge >= 0.3 is 0 Å². The van der Waals surface area contributed by atoms with E-state index in [1.165, 1.54) is 0 Å². The first-order valence-corrected chi connectivity index (χ1v) is 7.14. The van der Waals surface area contributed by atoms with Crippen molar-refractivity contribution in [2.24, 2.45) is 7.05 Å². The maximum atomic E-state index is 12.5. The monoisotopic (exact) mass is 291 g/mol. The molecule has 0 aliphatic heterocycles. The van der Waals surface area contributed by atoms with E-state index >= 15 is 0 Å². The van der Waals surface area contributed by atoms with Crippen LogP contribution < -0.4 is 5.32 Å². The fourth-order valence-electron chi connectivity index (χ4n) is 2.42. The summed E-state index contributed by atoms with van der Waals surface area (Å²) in [5, 5.41) is 3.07. The highest BCUT2D eigenvalue weighted by molar-refractivity contribution is 5.93. The molecule has 0 spiro atoms. The van der Waals surface area contributed by atoms with Crippen LogP contribution in [0.1, 0.15) is 27.8 Å². The first-order valence-electron chi connectivity index (χ1n) is 7.14. The van der Waals surface area contributed by atoms with Crippen molar-refractivity contribution < 1.29 is 4.79 Å². The van der Waals surface area contributed by atoms with E-state index in [1.54, 1.807) is 16.8 Å². The molecule has 110 valence electrons. The molecule has 4 nitrogen and oxygen atoms in total. The molecular formula is C18H17N3O. The Balaban J connectivity index is 1.93. The number of amides is 1. The predicted octanol–water partition coefficient (Wildman–Crippen LogP) is 2.94. The molecule has 1 amide bonds. The summed E-state index contributed by atoms with van der Waals surface area (Å²) in [6, 6.07) is 18.9. The number of nitrogens with zero attached hydrogens (tertiary/aromatic N) is 2. The quantitative estimate of drug-likeness (QED) is 0.803. The van der Waals surface area contributed by atoms with E-state index in [0.717, 1.165) is 11.3 Å². The van der Waals surface area contributed by atoms with Crippen molar-refractivity contribution in [1.82, 2.24) is 14.9 Å². The highest BCUT2D eigenvalue weighted by Gasteiger charge is 2.19. The van der Waals surface area contributed by atoms with Crippen LogP contribution in [0, 0.1) is 0 Å². The van der Waals surface area contributed by atoms with Gasteiger partial charge in [-0.25, -0.2) is 0 Å². The van der Waals surface area contributed by atoms with Gasteiger partial charge in [-0.15, -0.1) is 0 Å². The zero-order valence-electron chi connectivity index (χ0n) is 12.3. The van der Waals surface area contributed by atoms with E-state index in [4.69, 9.17) is 0 Å². The fourth-order valence-corrected chi connectivity index (χ4v) is 2.42. The van der Waals surface area contributed by atoms with Crippen molar-refractivity contribution in [1.29, 1.82) is 0 Å². The van der Waals surface area contributed by atoms with Crippen LogP contribution >= 0.6 is 0 Å². The lowest BCUT2D eigenvalue weighted by molar-refractivity contribution is 0.0934. The molecule has 0 aliphatic rings. The Bertz CT molecular complexity index is 711. The van der Waals surface area contributed by atoms with Gasteiger partial charge in [0.1, 0.15) is 5.69 Å². The average molecular weight is 291 g/mol. The third-order valence-corrected chi connectivity index (χ3v) is 3.57. The Labute approximate surface area is 129 Å². The normalized spacial score (nSPS) is 11.9. The molecule has 0 saturated carbocycles. The average Bonchev–Trinajstić information content (AvgIpc) is 3.00. The Kier molecular flexibility index (Phi) is 4.01. The van der Waals surface area contributed by atoms with Gasteiger partial charge in [0.05, 0.1) is 11.7 Å². The van der Waals surface area contributed by atoms with E-state index in [2.05, 4.69) is 10.3 Å². The SMILES string of the molecule is Cn1cccc1C(=O)N[C@H](c1ccccc1)c1ccccn1. The standard InChI is InChI=1S/C18H17N3O/c1-21-13-7-11-16(21)18(22)20-17(14-8-3-2-4-9-14)15-10-5-6-12-19-15/h2-13,17H,1H3,(H,20,22)/t17-/m1/s1. The maximum absolute atomic E-state index is 12.5. The molecule has 1 atom stereocenters. The molecular weight excluding hydrogens is 274 g/mol. The number of hydrogen-bond acceptors (Lipinski definition) is 2.